The van der Waals surface area contributed by atoms with Gasteiger partial charge in [0.2, 0.25) is 0 Å². The summed E-state index contributed by atoms with van der Waals surface area (Å²) >= 11 is 0. The third-order valence-electron chi connectivity index (χ3n) is 37.7. The Kier molecular flexibility index (Phi) is 19.9. The molecule has 29 atom stereocenters. The molecule has 0 heterocycles. The first-order valence-electron chi connectivity index (χ1n) is 48.4. The highest BCUT2D eigenvalue weighted by Gasteiger charge is 2.59. The van der Waals surface area contributed by atoms with E-state index in [1.807, 2.05) is 0 Å². The van der Waals surface area contributed by atoms with Crippen molar-refractivity contribution in [2.24, 2.45) is 130 Å². The smallest absolute Gasteiger partial charge is 0.0619 e. The van der Waals surface area contributed by atoms with Crippen LogP contribution in [0.3, 0.4) is 0 Å². The summed E-state index contributed by atoms with van der Waals surface area (Å²) in [6.45, 7) is 0. The van der Waals surface area contributed by atoms with E-state index in [-0.39, 0.29) is 32.7 Å². The van der Waals surface area contributed by atoms with Gasteiger partial charge in [0.15, 0.2) is 44.1 Å². The predicted molar refractivity (Wildman–Crippen MR) is 481 cm³/mol. The van der Waals surface area contributed by atoms with Crippen molar-refractivity contribution < 1.29 is 0 Å². The molecule has 29 unspecified atom stereocenters. The van der Waals surface area contributed by atoms with Crippen LogP contribution in [0, 0.1) is 130 Å². The Morgan fingerprint density at radius 3 is 0.621 bits per heavy atom. The Labute approximate surface area is 706 Å². The molecule has 17 fully saturated rings. The maximum Gasteiger partial charge on any atom is 0.166 e. The van der Waals surface area contributed by atoms with Crippen LogP contribution in [-0.4, -0.2) is 0 Å². The van der Waals surface area contributed by atoms with E-state index in [0.29, 0.717) is 0 Å². The molecule has 0 radical (unpaired) electrons. The van der Waals surface area contributed by atoms with Crippen LogP contribution in [0.15, 0.2) is 281 Å². The average molecular weight is 1580 g/mol. The Bertz CT molecular complexity index is 4640. The fourth-order valence-corrected chi connectivity index (χ4v) is 39.5. The third-order valence-corrected chi connectivity index (χ3v) is 44.4. The molecule has 0 aliphatic heterocycles. The molecule has 0 amide bonds. The van der Waals surface area contributed by atoms with Gasteiger partial charge in [0.1, 0.15) is 0 Å². The molecule has 9 aromatic rings. The first kappa shape index (κ1) is 73.9. The van der Waals surface area contributed by atoms with Crippen molar-refractivity contribution >= 4 is 32.7 Å². The van der Waals surface area contributed by atoms with Gasteiger partial charge >= 0.3 is 0 Å². The van der Waals surface area contributed by atoms with Crippen molar-refractivity contribution in [3.8, 4) is 0 Å². The van der Waals surface area contributed by atoms with Crippen molar-refractivity contribution in [1.29, 1.82) is 0 Å². The first-order valence-corrected chi connectivity index (χ1v) is 52.1. The van der Waals surface area contributed by atoms with E-state index in [1.54, 1.807) is 33.4 Å². The van der Waals surface area contributed by atoms with Crippen molar-refractivity contribution in [1.82, 2.24) is 0 Å². The van der Waals surface area contributed by atoms with E-state index in [1.165, 1.54) is 243 Å². The second-order valence-electron chi connectivity index (χ2n) is 42.0. The third kappa shape index (κ3) is 13.1. The van der Waals surface area contributed by atoms with E-state index in [9.17, 15) is 0 Å². The fourth-order valence-electron chi connectivity index (χ4n) is 33.3. The highest BCUT2D eigenvalue weighted by molar-refractivity contribution is 7.97. The van der Waals surface area contributed by atoms with Crippen LogP contribution < -0.4 is 0 Å². The van der Waals surface area contributed by atoms with Gasteiger partial charge in [0, 0.05) is 0 Å². The van der Waals surface area contributed by atoms with Crippen molar-refractivity contribution in [2.75, 3.05) is 0 Å². The Hall–Kier alpha value is -5.97. The predicted octanol–water partition coefficient (Wildman–Crippen LogP) is 29.7. The second-order valence-corrected chi connectivity index (χ2v) is 48.1. The minimum absolute atomic E-state index is 0.0305. The molecule has 9 aromatic carbocycles. The molecule has 0 aromatic heterocycles. The standard InChI is InChI=1S/C48H57S.C37H43S.C28H29S/c1-4-37-31-22-43(46(25-31)40(37)7-1)28-10-16-34(17-11-28)49(35-18-12-29(13-19-35)44-23-32-26-47(44)41-8-2-5-38(32)41)36-20-14-30(15-21-36)45-24-33-27-48(45)42-9-3-6-39(33)42;1-2-8-31(9-3-1)38(32-18-14-26(15-19-32)29-13-12-25-6-4-7-28(25)22-29)33-20-16-27(17-21-33)36-23-30-24-37(36)35-11-5-10-34(30)35;1-3-8-22(9-4-1)29(23-10-5-2-6-11-23)24-16-14-20(15-17-24)27-18-21-19-28(27)26-13-7-12-25(21)26/h10-21,31-33,37-48H,1-9,22-27H2;1-3,8-9,14-21,25,28-30,34-37H,4-7,10-13,22-24H2;1-6,8-11,14-17,21,25-28H,7,12-13,18-19H2/q3*+1. The molecule has 17 saturated carbocycles. The zero-order valence-electron chi connectivity index (χ0n) is 69.3. The molecule has 17 aliphatic rings. The maximum absolute atomic E-state index is 2.58. The van der Waals surface area contributed by atoms with E-state index in [4.69, 9.17) is 0 Å². The highest BCUT2D eigenvalue weighted by Crippen LogP contribution is 2.69. The molecular weight excluding hydrogens is 1450 g/mol. The van der Waals surface area contributed by atoms with Gasteiger partial charge < -0.3 is 0 Å². The van der Waals surface area contributed by atoms with Gasteiger partial charge in [-0.25, -0.2) is 0 Å². The molecule has 596 valence electrons. The molecular formula is C113H129S3+3. The lowest BCUT2D eigenvalue weighted by Crippen LogP contribution is -2.23. The second kappa shape index (κ2) is 31.2. The van der Waals surface area contributed by atoms with Crippen LogP contribution in [0.1, 0.15) is 268 Å². The summed E-state index contributed by atoms with van der Waals surface area (Å²) < 4.78 is 0. The summed E-state index contributed by atoms with van der Waals surface area (Å²) in [6, 6.07) is 93.8. The monoisotopic (exact) mass is 1580 g/mol. The van der Waals surface area contributed by atoms with Crippen LogP contribution in [0.5, 0.6) is 0 Å². The first-order chi connectivity index (χ1) is 57.4. The molecule has 17 aliphatic carbocycles. The van der Waals surface area contributed by atoms with E-state index < -0.39 is 0 Å². The van der Waals surface area contributed by atoms with Crippen LogP contribution in [0.4, 0.5) is 0 Å². The number of fused-ring (bicyclic) bond motifs is 26. The van der Waals surface area contributed by atoms with Gasteiger partial charge in [-0.15, -0.1) is 0 Å². The summed E-state index contributed by atoms with van der Waals surface area (Å²) in [6.07, 6.45) is 46.4. The number of benzene rings is 9. The van der Waals surface area contributed by atoms with E-state index in [2.05, 4.69) is 237 Å². The van der Waals surface area contributed by atoms with Gasteiger partial charge in [0.25, 0.3) is 0 Å². The normalized spacial score (nSPS) is 38.7. The van der Waals surface area contributed by atoms with Crippen molar-refractivity contribution in [3.63, 3.8) is 0 Å². The lowest BCUT2D eigenvalue weighted by atomic mass is 9.73. The Morgan fingerprint density at radius 1 is 0.147 bits per heavy atom. The summed E-state index contributed by atoms with van der Waals surface area (Å²) in [7, 11) is -0.141. The molecule has 0 saturated heterocycles. The van der Waals surface area contributed by atoms with Crippen LogP contribution in [-0.2, 0) is 32.7 Å². The molecule has 3 heteroatoms. The topological polar surface area (TPSA) is 0 Å². The van der Waals surface area contributed by atoms with Crippen molar-refractivity contribution in [3.05, 3.63) is 270 Å². The molecule has 0 spiro atoms. The van der Waals surface area contributed by atoms with Crippen LogP contribution in [0.2, 0.25) is 0 Å². The number of hydrogen-bond donors (Lipinski definition) is 0. The Morgan fingerprint density at radius 2 is 0.362 bits per heavy atom. The highest BCUT2D eigenvalue weighted by atomic mass is 32.2. The van der Waals surface area contributed by atoms with E-state index >= 15 is 0 Å². The van der Waals surface area contributed by atoms with Crippen molar-refractivity contribution in [2.45, 2.75) is 279 Å². The number of hydrogen-bond acceptors (Lipinski definition) is 0. The summed E-state index contributed by atoms with van der Waals surface area (Å²) in [5.41, 5.74) is 9.78. The van der Waals surface area contributed by atoms with Gasteiger partial charge in [-0.3, -0.25) is 0 Å². The lowest BCUT2D eigenvalue weighted by Gasteiger charge is -2.32. The largest absolute Gasteiger partial charge is 0.166 e. The van der Waals surface area contributed by atoms with Crippen LogP contribution >= 0.6 is 0 Å². The maximum atomic E-state index is 2.58. The minimum Gasteiger partial charge on any atom is -0.0619 e. The molecule has 116 heavy (non-hydrogen) atoms. The molecule has 26 rings (SSSR count). The van der Waals surface area contributed by atoms with Gasteiger partial charge in [0.05, 0.1) is 32.7 Å². The summed E-state index contributed by atoms with van der Waals surface area (Å²) in [5, 5.41) is 0. The zero-order chi connectivity index (χ0) is 76.1. The van der Waals surface area contributed by atoms with Gasteiger partial charge in [-0.1, -0.05) is 179 Å². The molecule has 0 N–H and O–H groups in total. The average Bonchev–Trinajstić information content (AvgIpc) is 1.60. The fraction of sp³-hybridized carbons (Fsp3) is 0.522. The lowest BCUT2D eigenvalue weighted by molar-refractivity contribution is 0.232. The quantitative estimate of drug-likeness (QED) is 0.0898. The molecule has 0 nitrogen and oxygen atoms in total. The van der Waals surface area contributed by atoms with Crippen LogP contribution in [0.25, 0.3) is 0 Å². The SMILES string of the molecule is c1cc([S+](c2ccc(C3CC4CC3C3CCCC43)cc2)c2ccc(C3CC4CC3C3CCCC43)cc2)ccc1C1CC2CC1C1CCCC21.c1ccc([S+](c2ccc(C3CCC4CCCC4C3)cc2)c2ccc(C3CC4CC3C3CCCC43)cc2)cc1.c1ccc([S+](c2ccccc2)c2ccc(C3CC4CC3C3CCCC43)cc2)cc1. The summed E-state index contributed by atoms with van der Waals surface area (Å²) in [4.78, 5) is 13.2. The summed E-state index contributed by atoms with van der Waals surface area (Å²) in [5.74, 6) is 27.5. The minimum atomic E-state index is -0.0622. The zero-order valence-corrected chi connectivity index (χ0v) is 71.8. The van der Waals surface area contributed by atoms with E-state index in [0.717, 1.165) is 166 Å². The van der Waals surface area contributed by atoms with Gasteiger partial charge in [-0.2, -0.15) is 0 Å². The molecule has 10 bridgehead atoms. The Balaban J connectivity index is 0.000000104. The van der Waals surface area contributed by atoms with Gasteiger partial charge in [-0.05, 0) is 456 Å². The number of rotatable bonds is 15.